The summed E-state index contributed by atoms with van der Waals surface area (Å²) < 4.78 is 0. The minimum Gasteiger partial charge on any atom is -0.314 e. The second-order valence-electron chi connectivity index (χ2n) is 5.44. The second-order valence-corrected chi connectivity index (χ2v) is 6.84. The lowest BCUT2D eigenvalue weighted by Gasteiger charge is -2.34. The van der Waals surface area contributed by atoms with Gasteiger partial charge in [0.1, 0.15) is 0 Å². The lowest BCUT2D eigenvalue weighted by atomic mass is 9.75. The average Bonchev–Trinajstić information content (AvgIpc) is 2.20. The first-order valence-corrected chi connectivity index (χ1v) is 7.60. The Hall–Kier alpha value is 0.310. The Morgan fingerprint density at radius 1 is 1.27 bits per heavy atom. The molecule has 1 fully saturated rings. The molecule has 0 bridgehead atoms. The van der Waals surface area contributed by atoms with E-state index in [-0.39, 0.29) is 0 Å². The maximum absolute atomic E-state index is 3.70. The first-order valence-electron chi connectivity index (χ1n) is 6.45. The number of hydrogen-bond acceptors (Lipinski definition) is 2. The van der Waals surface area contributed by atoms with E-state index in [9.17, 15) is 0 Å². The molecule has 0 atom stereocenters. The molecule has 1 aliphatic rings. The van der Waals surface area contributed by atoms with E-state index in [2.05, 4.69) is 37.8 Å². The highest BCUT2D eigenvalue weighted by Crippen LogP contribution is 2.34. The van der Waals surface area contributed by atoms with Crippen molar-refractivity contribution in [1.82, 2.24) is 5.32 Å². The van der Waals surface area contributed by atoms with Gasteiger partial charge in [-0.3, -0.25) is 0 Å². The largest absolute Gasteiger partial charge is 0.314 e. The van der Waals surface area contributed by atoms with Gasteiger partial charge in [0, 0.05) is 6.04 Å². The second kappa shape index (κ2) is 6.80. The summed E-state index contributed by atoms with van der Waals surface area (Å²) >= 11 is 2.05. The van der Waals surface area contributed by atoms with Gasteiger partial charge in [-0.05, 0) is 55.6 Å². The zero-order valence-corrected chi connectivity index (χ0v) is 11.5. The molecule has 1 N–H and O–H groups in total. The molecule has 90 valence electrons. The Morgan fingerprint density at radius 2 is 1.93 bits per heavy atom. The number of hydrogen-bond donors (Lipinski definition) is 1. The van der Waals surface area contributed by atoms with Crippen LogP contribution in [-0.2, 0) is 0 Å². The molecule has 0 unspecified atom stereocenters. The van der Waals surface area contributed by atoms with Crippen molar-refractivity contribution in [2.45, 2.75) is 58.9 Å². The summed E-state index contributed by atoms with van der Waals surface area (Å²) in [7, 11) is 0. The van der Waals surface area contributed by atoms with Gasteiger partial charge in [-0.2, -0.15) is 11.8 Å². The number of rotatable bonds is 6. The molecular weight excluding hydrogens is 202 g/mol. The minimum atomic E-state index is 0.607. The van der Waals surface area contributed by atoms with Crippen LogP contribution in [0.15, 0.2) is 0 Å². The molecule has 1 rings (SSSR count). The fraction of sp³-hybridized carbons (Fsp3) is 1.00. The third-order valence-corrected chi connectivity index (χ3v) is 4.43. The van der Waals surface area contributed by atoms with Crippen LogP contribution in [0, 0.1) is 5.41 Å². The Labute approximate surface area is 99.8 Å². The lowest BCUT2D eigenvalue weighted by Crippen LogP contribution is -2.36. The molecule has 1 nitrogen and oxygen atoms in total. The average molecular weight is 229 g/mol. The van der Waals surface area contributed by atoms with Gasteiger partial charge in [-0.25, -0.2) is 0 Å². The first kappa shape index (κ1) is 13.4. The number of nitrogens with one attached hydrogen (secondary N) is 1. The Morgan fingerprint density at radius 3 is 2.53 bits per heavy atom. The molecule has 0 heterocycles. The van der Waals surface area contributed by atoms with Crippen LogP contribution in [0.4, 0.5) is 0 Å². The molecule has 0 spiro atoms. The quantitative estimate of drug-likeness (QED) is 0.697. The summed E-state index contributed by atoms with van der Waals surface area (Å²) in [5, 5.41) is 3.70. The van der Waals surface area contributed by atoms with Crippen molar-refractivity contribution < 1.29 is 0 Å². The maximum atomic E-state index is 3.70. The summed E-state index contributed by atoms with van der Waals surface area (Å²) in [6, 6.07) is 0.810. The maximum Gasteiger partial charge on any atom is 0.00674 e. The zero-order valence-electron chi connectivity index (χ0n) is 10.6. The van der Waals surface area contributed by atoms with E-state index in [0.717, 1.165) is 6.04 Å². The van der Waals surface area contributed by atoms with Crippen LogP contribution in [0.1, 0.15) is 52.9 Å². The zero-order chi connectivity index (χ0) is 11.1. The molecule has 0 saturated heterocycles. The van der Waals surface area contributed by atoms with Crippen molar-refractivity contribution in [3.05, 3.63) is 0 Å². The summed E-state index contributed by atoms with van der Waals surface area (Å²) in [6.45, 7) is 8.27. The highest BCUT2D eigenvalue weighted by molar-refractivity contribution is 7.99. The van der Waals surface area contributed by atoms with Crippen molar-refractivity contribution in [3.8, 4) is 0 Å². The van der Waals surface area contributed by atoms with E-state index < -0.39 is 0 Å². The molecule has 0 aromatic rings. The van der Waals surface area contributed by atoms with E-state index in [4.69, 9.17) is 0 Å². The van der Waals surface area contributed by atoms with Crippen LogP contribution in [0.5, 0.6) is 0 Å². The predicted octanol–water partition coefficient (Wildman–Crippen LogP) is 3.69. The van der Waals surface area contributed by atoms with E-state index in [0.29, 0.717) is 5.41 Å². The Bertz CT molecular complexity index is 158. The molecule has 1 aliphatic carbocycles. The molecule has 0 aromatic carbocycles. The molecule has 0 aromatic heterocycles. The summed E-state index contributed by atoms with van der Waals surface area (Å²) in [5.74, 6) is 2.58. The van der Waals surface area contributed by atoms with Crippen molar-refractivity contribution >= 4 is 11.8 Å². The molecule has 2 heteroatoms. The molecule has 15 heavy (non-hydrogen) atoms. The van der Waals surface area contributed by atoms with Gasteiger partial charge in [0.15, 0.2) is 0 Å². The van der Waals surface area contributed by atoms with Crippen LogP contribution < -0.4 is 5.32 Å². The van der Waals surface area contributed by atoms with Gasteiger partial charge in [0.05, 0.1) is 0 Å². The predicted molar refractivity (Wildman–Crippen MR) is 71.7 cm³/mol. The fourth-order valence-electron chi connectivity index (χ4n) is 2.23. The molecular formula is C13H27NS. The normalized spacial score (nSPS) is 21.8. The van der Waals surface area contributed by atoms with Gasteiger partial charge >= 0.3 is 0 Å². The van der Waals surface area contributed by atoms with Crippen molar-refractivity contribution in [2.75, 3.05) is 18.1 Å². The molecule has 1 saturated carbocycles. The van der Waals surface area contributed by atoms with Gasteiger partial charge < -0.3 is 5.32 Å². The van der Waals surface area contributed by atoms with Gasteiger partial charge in [0.2, 0.25) is 0 Å². The Kier molecular flexibility index (Phi) is 6.06. The SMILES string of the molecule is CCSCCCNC1CCC(C)(C)CC1. The highest BCUT2D eigenvalue weighted by atomic mass is 32.2. The first-order chi connectivity index (χ1) is 7.14. The number of thioether (sulfide) groups is 1. The van der Waals surface area contributed by atoms with E-state index in [1.54, 1.807) is 0 Å². The highest BCUT2D eigenvalue weighted by Gasteiger charge is 2.25. The standard InChI is InChI=1S/C13H27NS/c1-4-15-11-5-10-14-12-6-8-13(2,3)9-7-12/h12,14H,4-11H2,1-3H3. The van der Waals surface area contributed by atoms with Crippen molar-refractivity contribution in [1.29, 1.82) is 0 Å². The fourth-order valence-corrected chi connectivity index (χ4v) is 2.87. The van der Waals surface area contributed by atoms with Crippen molar-refractivity contribution in [2.24, 2.45) is 5.41 Å². The van der Waals surface area contributed by atoms with Gasteiger partial charge in [-0.15, -0.1) is 0 Å². The summed E-state index contributed by atoms with van der Waals surface area (Å²) in [5.41, 5.74) is 0.607. The van der Waals surface area contributed by atoms with Crippen molar-refractivity contribution in [3.63, 3.8) is 0 Å². The minimum absolute atomic E-state index is 0.607. The van der Waals surface area contributed by atoms with E-state index >= 15 is 0 Å². The molecule has 0 aliphatic heterocycles. The molecule has 0 radical (unpaired) electrons. The van der Waals surface area contributed by atoms with Crippen LogP contribution >= 0.6 is 11.8 Å². The van der Waals surface area contributed by atoms with Crippen LogP contribution in [0.25, 0.3) is 0 Å². The summed E-state index contributed by atoms with van der Waals surface area (Å²) in [6.07, 6.45) is 6.89. The summed E-state index contributed by atoms with van der Waals surface area (Å²) in [4.78, 5) is 0. The van der Waals surface area contributed by atoms with Gasteiger partial charge in [-0.1, -0.05) is 20.8 Å². The van der Waals surface area contributed by atoms with E-state index in [1.165, 1.54) is 50.2 Å². The van der Waals surface area contributed by atoms with Gasteiger partial charge in [0.25, 0.3) is 0 Å². The smallest absolute Gasteiger partial charge is 0.00674 e. The topological polar surface area (TPSA) is 12.0 Å². The third-order valence-electron chi connectivity index (χ3n) is 3.44. The van der Waals surface area contributed by atoms with Crippen LogP contribution in [0.2, 0.25) is 0 Å². The monoisotopic (exact) mass is 229 g/mol. The van der Waals surface area contributed by atoms with Crippen LogP contribution in [0.3, 0.4) is 0 Å². The lowest BCUT2D eigenvalue weighted by molar-refractivity contribution is 0.207. The third kappa shape index (κ3) is 5.82. The Balaban J connectivity index is 1.99. The van der Waals surface area contributed by atoms with E-state index in [1.807, 2.05) is 0 Å². The van der Waals surface area contributed by atoms with Crippen LogP contribution in [-0.4, -0.2) is 24.1 Å². The molecule has 0 amide bonds.